The Kier molecular flexibility index (Phi) is 3.31. The van der Waals surface area contributed by atoms with Gasteiger partial charge in [-0.15, -0.1) is 0 Å². The van der Waals surface area contributed by atoms with Gasteiger partial charge in [-0.2, -0.15) is 0 Å². The van der Waals surface area contributed by atoms with E-state index in [1.807, 2.05) is 43.3 Å². The van der Waals surface area contributed by atoms with Crippen LogP contribution in [0.4, 0.5) is 0 Å². The van der Waals surface area contributed by atoms with Crippen molar-refractivity contribution < 1.29 is 8.42 Å². The summed E-state index contributed by atoms with van der Waals surface area (Å²) in [6.07, 6.45) is 1.74. The molecule has 3 aromatic rings. The molecular weight excluding hydrogens is 290 g/mol. The first kappa shape index (κ1) is 13.3. The molecule has 0 saturated heterocycles. The lowest BCUT2D eigenvalue weighted by molar-refractivity contribution is 0.610. The number of nitrogens with one attached hydrogen (secondary N) is 1. The molecule has 0 amide bonds. The van der Waals surface area contributed by atoms with Crippen molar-refractivity contribution in [2.24, 2.45) is 0 Å². The fourth-order valence-corrected chi connectivity index (χ4v) is 4.91. The van der Waals surface area contributed by atoms with E-state index in [-0.39, 0.29) is 0 Å². The van der Waals surface area contributed by atoms with Crippen LogP contribution in [0.2, 0.25) is 0 Å². The van der Waals surface area contributed by atoms with Gasteiger partial charge in [-0.3, -0.25) is 0 Å². The van der Waals surface area contributed by atoms with Crippen LogP contribution in [-0.4, -0.2) is 13.4 Å². The number of hydrogen-bond acceptors (Lipinski definition) is 3. The van der Waals surface area contributed by atoms with Gasteiger partial charge in [0.2, 0.25) is 8.87 Å². The molecule has 2 aromatic carbocycles. The molecule has 0 aliphatic rings. The minimum absolute atomic E-state index is 0.332. The fourth-order valence-electron chi connectivity index (χ4n) is 1.99. The van der Waals surface area contributed by atoms with Crippen LogP contribution in [0.1, 0.15) is 5.56 Å². The summed E-state index contributed by atoms with van der Waals surface area (Å²) in [5.41, 5.74) is 1.98. The predicted octanol–water partition coefficient (Wildman–Crippen LogP) is 3.96. The SMILES string of the molecule is Cc1ccc(S(=O)(=O)Sc2c[nH]c3ccccc23)cc1. The monoisotopic (exact) mass is 303 g/mol. The Balaban J connectivity index is 1.99. The highest BCUT2D eigenvalue weighted by Gasteiger charge is 2.18. The zero-order valence-corrected chi connectivity index (χ0v) is 12.5. The lowest BCUT2D eigenvalue weighted by Gasteiger charge is -2.03. The van der Waals surface area contributed by atoms with Crippen LogP contribution in [0.25, 0.3) is 10.9 Å². The molecule has 0 bridgehead atoms. The van der Waals surface area contributed by atoms with Gasteiger partial charge in [0, 0.05) is 32.8 Å². The van der Waals surface area contributed by atoms with Crippen molar-refractivity contribution >= 4 is 30.6 Å². The first-order valence-electron chi connectivity index (χ1n) is 6.13. The number of benzene rings is 2. The van der Waals surface area contributed by atoms with Gasteiger partial charge in [0.25, 0.3) is 0 Å². The number of para-hydroxylation sites is 1. The van der Waals surface area contributed by atoms with Gasteiger partial charge < -0.3 is 4.98 Å². The van der Waals surface area contributed by atoms with Crippen LogP contribution in [0.5, 0.6) is 0 Å². The third-order valence-electron chi connectivity index (χ3n) is 3.06. The summed E-state index contributed by atoms with van der Waals surface area (Å²) in [6, 6.07) is 14.6. The molecule has 1 aromatic heterocycles. The standard InChI is InChI=1S/C15H13NO2S2/c1-11-6-8-12(9-7-11)20(17,18)19-15-10-16-14-5-3-2-4-13(14)15/h2-10,16H,1H3. The molecule has 0 unspecified atom stereocenters. The number of fused-ring (bicyclic) bond motifs is 1. The topological polar surface area (TPSA) is 49.9 Å². The molecule has 0 atom stereocenters. The molecule has 0 saturated carbocycles. The molecule has 0 aliphatic carbocycles. The summed E-state index contributed by atoms with van der Waals surface area (Å²) >= 11 is 0. The molecule has 0 spiro atoms. The molecule has 1 heterocycles. The van der Waals surface area contributed by atoms with Crippen molar-refractivity contribution in [1.82, 2.24) is 4.98 Å². The Bertz CT molecular complexity index is 849. The Morgan fingerprint density at radius 1 is 1.00 bits per heavy atom. The number of aromatic amines is 1. The molecule has 3 rings (SSSR count). The van der Waals surface area contributed by atoms with E-state index in [0.29, 0.717) is 4.90 Å². The van der Waals surface area contributed by atoms with Crippen LogP contribution >= 0.6 is 10.8 Å². The van der Waals surface area contributed by atoms with Gasteiger partial charge in [0.05, 0.1) is 4.90 Å². The first-order chi connectivity index (χ1) is 9.56. The fraction of sp³-hybridized carbons (Fsp3) is 0.0667. The van der Waals surface area contributed by atoms with E-state index in [4.69, 9.17) is 0 Å². The molecule has 3 nitrogen and oxygen atoms in total. The van der Waals surface area contributed by atoms with Crippen LogP contribution in [0.15, 0.2) is 64.5 Å². The number of H-pyrrole nitrogens is 1. The predicted molar refractivity (Wildman–Crippen MR) is 82.5 cm³/mol. The zero-order valence-electron chi connectivity index (χ0n) is 10.8. The Morgan fingerprint density at radius 3 is 2.45 bits per heavy atom. The molecule has 102 valence electrons. The number of rotatable bonds is 3. The van der Waals surface area contributed by atoms with Gasteiger partial charge in [-0.1, -0.05) is 35.9 Å². The Labute approximate surface area is 121 Å². The Morgan fingerprint density at radius 2 is 1.70 bits per heavy atom. The van der Waals surface area contributed by atoms with E-state index in [9.17, 15) is 8.42 Å². The highest BCUT2D eigenvalue weighted by Crippen LogP contribution is 2.35. The smallest absolute Gasteiger partial charge is 0.234 e. The average molecular weight is 303 g/mol. The normalized spacial score (nSPS) is 11.8. The molecule has 5 heteroatoms. The summed E-state index contributed by atoms with van der Waals surface area (Å²) in [5.74, 6) is 0. The minimum Gasteiger partial charge on any atom is -0.360 e. The largest absolute Gasteiger partial charge is 0.360 e. The second-order valence-corrected chi connectivity index (χ2v) is 8.35. The lowest BCUT2D eigenvalue weighted by Crippen LogP contribution is -1.94. The Hall–Kier alpha value is -1.72. The van der Waals surface area contributed by atoms with Crippen LogP contribution < -0.4 is 0 Å². The highest BCUT2D eigenvalue weighted by molar-refractivity contribution is 8.72. The summed E-state index contributed by atoms with van der Waals surface area (Å²) in [7, 11) is -2.51. The van der Waals surface area contributed by atoms with Crippen LogP contribution in [-0.2, 0) is 8.87 Å². The quantitative estimate of drug-likeness (QED) is 0.745. The van der Waals surface area contributed by atoms with Gasteiger partial charge in [-0.05, 0) is 25.1 Å². The maximum atomic E-state index is 12.4. The molecule has 0 fully saturated rings. The molecule has 20 heavy (non-hydrogen) atoms. The van der Waals surface area contributed by atoms with Crippen molar-refractivity contribution in [3.05, 3.63) is 60.3 Å². The number of aromatic nitrogens is 1. The molecular formula is C15H13NO2S2. The average Bonchev–Trinajstić information content (AvgIpc) is 2.82. The van der Waals surface area contributed by atoms with Crippen molar-refractivity contribution in [2.75, 3.05) is 0 Å². The first-order valence-corrected chi connectivity index (χ1v) is 8.95. The molecule has 0 aliphatic heterocycles. The minimum atomic E-state index is -3.39. The van der Waals surface area contributed by atoms with E-state index in [2.05, 4.69) is 4.98 Å². The van der Waals surface area contributed by atoms with E-state index in [1.54, 1.807) is 18.3 Å². The summed E-state index contributed by atoms with van der Waals surface area (Å²) in [6.45, 7) is 1.93. The van der Waals surface area contributed by atoms with Gasteiger partial charge in [0.1, 0.15) is 0 Å². The van der Waals surface area contributed by atoms with Gasteiger partial charge >= 0.3 is 0 Å². The van der Waals surface area contributed by atoms with Crippen molar-refractivity contribution in [1.29, 1.82) is 0 Å². The summed E-state index contributed by atoms with van der Waals surface area (Å²) in [5, 5.41) is 0.924. The van der Waals surface area contributed by atoms with Crippen molar-refractivity contribution in [3.8, 4) is 0 Å². The number of aryl methyl sites for hydroxylation is 1. The van der Waals surface area contributed by atoms with Crippen LogP contribution in [0, 0.1) is 6.92 Å². The van der Waals surface area contributed by atoms with E-state index in [0.717, 1.165) is 32.2 Å². The third-order valence-corrected chi connectivity index (χ3v) is 6.42. The van der Waals surface area contributed by atoms with E-state index < -0.39 is 8.87 Å². The molecule has 1 N–H and O–H groups in total. The lowest BCUT2D eigenvalue weighted by atomic mass is 10.2. The van der Waals surface area contributed by atoms with Gasteiger partial charge in [0.15, 0.2) is 0 Å². The maximum Gasteiger partial charge on any atom is 0.234 e. The second kappa shape index (κ2) is 5.00. The zero-order chi connectivity index (χ0) is 14.2. The van der Waals surface area contributed by atoms with E-state index >= 15 is 0 Å². The summed E-state index contributed by atoms with van der Waals surface area (Å²) in [4.78, 5) is 4.14. The van der Waals surface area contributed by atoms with E-state index in [1.165, 1.54) is 0 Å². The second-order valence-electron chi connectivity index (χ2n) is 4.55. The van der Waals surface area contributed by atoms with Crippen molar-refractivity contribution in [2.45, 2.75) is 16.7 Å². The van der Waals surface area contributed by atoms with Gasteiger partial charge in [-0.25, -0.2) is 8.42 Å². The third kappa shape index (κ3) is 2.46. The van der Waals surface area contributed by atoms with Crippen molar-refractivity contribution in [3.63, 3.8) is 0 Å². The number of hydrogen-bond donors (Lipinski definition) is 1. The molecule has 0 radical (unpaired) electrons. The maximum absolute atomic E-state index is 12.4. The van der Waals surface area contributed by atoms with Crippen LogP contribution in [0.3, 0.4) is 0 Å². The highest BCUT2D eigenvalue weighted by atomic mass is 33.1. The summed E-state index contributed by atoms with van der Waals surface area (Å²) < 4.78 is 24.8.